The van der Waals surface area contributed by atoms with Gasteiger partial charge in [-0.2, -0.15) is 5.10 Å². The van der Waals surface area contributed by atoms with Gasteiger partial charge in [-0.25, -0.2) is 0 Å². The predicted molar refractivity (Wildman–Crippen MR) is 118 cm³/mol. The van der Waals surface area contributed by atoms with Crippen molar-refractivity contribution in [2.45, 2.75) is 24.5 Å². The standard InChI is InChI=1S/C22H25N3O5S/c1-5-21(28-3)30-18-12-15(22(26)23-20-9-10-25(2)24-20)11-17(13-18)29-16-7-6-8-19(14-16)31(4)27/h6-14,21H,5H2,1-4H3,(H,23,24,26). The van der Waals surface area contributed by atoms with Gasteiger partial charge in [0, 0.05) is 66.4 Å². The molecule has 0 saturated carbocycles. The summed E-state index contributed by atoms with van der Waals surface area (Å²) in [7, 11) is 2.18. The molecule has 0 aliphatic heterocycles. The van der Waals surface area contributed by atoms with Gasteiger partial charge >= 0.3 is 0 Å². The third kappa shape index (κ3) is 6.16. The second-order valence-corrected chi connectivity index (χ2v) is 8.12. The average molecular weight is 444 g/mol. The fourth-order valence-corrected chi connectivity index (χ4v) is 3.35. The van der Waals surface area contributed by atoms with Gasteiger partial charge < -0.3 is 19.5 Å². The Kier molecular flexibility index (Phi) is 7.43. The number of anilines is 1. The average Bonchev–Trinajstić information content (AvgIpc) is 3.16. The van der Waals surface area contributed by atoms with Crippen molar-refractivity contribution in [1.82, 2.24) is 9.78 Å². The predicted octanol–water partition coefficient (Wildman–Crippen LogP) is 3.96. The van der Waals surface area contributed by atoms with E-state index in [1.807, 2.05) is 6.92 Å². The van der Waals surface area contributed by atoms with E-state index in [0.717, 1.165) is 0 Å². The molecule has 1 aromatic heterocycles. The van der Waals surface area contributed by atoms with Crippen LogP contribution in [0.5, 0.6) is 17.2 Å². The summed E-state index contributed by atoms with van der Waals surface area (Å²) in [5, 5.41) is 6.91. The van der Waals surface area contributed by atoms with Gasteiger partial charge in [-0.3, -0.25) is 13.7 Å². The summed E-state index contributed by atoms with van der Waals surface area (Å²) < 4.78 is 30.5. The molecule has 0 bridgehead atoms. The molecule has 1 amide bonds. The van der Waals surface area contributed by atoms with E-state index in [4.69, 9.17) is 14.2 Å². The van der Waals surface area contributed by atoms with Crippen molar-refractivity contribution in [2.75, 3.05) is 18.7 Å². The summed E-state index contributed by atoms with van der Waals surface area (Å²) in [5.41, 5.74) is 0.333. The minimum Gasteiger partial charge on any atom is -0.465 e. The first-order valence-electron chi connectivity index (χ1n) is 9.64. The SMILES string of the molecule is CCC(OC)Oc1cc(Oc2cccc(S(C)=O)c2)cc(C(=O)Nc2ccn(C)n2)c1. The molecule has 2 aromatic carbocycles. The maximum absolute atomic E-state index is 12.8. The normalized spacial score (nSPS) is 12.8. The molecule has 0 aliphatic carbocycles. The van der Waals surface area contributed by atoms with Gasteiger partial charge in [0.1, 0.15) is 17.2 Å². The van der Waals surface area contributed by atoms with Crippen molar-refractivity contribution in [1.29, 1.82) is 0 Å². The molecule has 3 aromatic rings. The highest BCUT2D eigenvalue weighted by Crippen LogP contribution is 2.29. The Hall–Kier alpha value is -3.17. The summed E-state index contributed by atoms with van der Waals surface area (Å²) in [5.74, 6) is 1.39. The van der Waals surface area contributed by atoms with Gasteiger partial charge in [-0.15, -0.1) is 0 Å². The van der Waals surface area contributed by atoms with Crippen LogP contribution >= 0.6 is 0 Å². The number of nitrogens with zero attached hydrogens (tertiary/aromatic N) is 2. The second kappa shape index (κ2) is 10.2. The van der Waals surface area contributed by atoms with Crippen LogP contribution in [0.1, 0.15) is 23.7 Å². The third-order valence-electron chi connectivity index (χ3n) is 4.33. The molecule has 2 unspecified atom stereocenters. The molecule has 0 radical (unpaired) electrons. The number of carbonyl (C=O) groups is 1. The number of carbonyl (C=O) groups excluding carboxylic acids is 1. The molecule has 0 fully saturated rings. The number of ether oxygens (including phenoxy) is 3. The quantitative estimate of drug-likeness (QED) is 0.503. The molecule has 1 N–H and O–H groups in total. The smallest absolute Gasteiger partial charge is 0.257 e. The molecule has 2 atom stereocenters. The van der Waals surface area contributed by atoms with Crippen LogP contribution in [0.25, 0.3) is 0 Å². The van der Waals surface area contributed by atoms with Gasteiger partial charge in [0.2, 0.25) is 0 Å². The first-order chi connectivity index (χ1) is 14.9. The number of aromatic nitrogens is 2. The van der Waals surface area contributed by atoms with Gasteiger partial charge in [-0.1, -0.05) is 13.0 Å². The van der Waals surface area contributed by atoms with Crippen molar-refractivity contribution in [3.63, 3.8) is 0 Å². The number of aryl methyl sites for hydroxylation is 1. The van der Waals surface area contributed by atoms with Crippen molar-refractivity contribution in [3.8, 4) is 17.2 Å². The first kappa shape index (κ1) is 22.5. The summed E-state index contributed by atoms with van der Waals surface area (Å²) >= 11 is 0. The maximum atomic E-state index is 12.8. The Morgan fingerprint density at radius 3 is 2.58 bits per heavy atom. The van der Waals surface area contributed by atoms with Crippen LogP contribution < -0.4 is 14.8 Å². The molecule has 0 saturated heterocycles. The van der Waals surface area contributed by atoms with Crippen LogP contribution in [-0.4, -0.2) is 39.6 Å². The zero-order valence-electron chi connectivity index (χ0n) is 17.8. The lowest BCUT2D eigenvalue weighted by atomic mass is 10.2. The Morgan fingerprint density at radius 1 is 1.16 bits per heavy atom. The fourth-order valence-electron chi connectivity index (χ4n) is 2.80. The Balaban J connectivity index is 1.91. The molecule has 0 spiro atoms. The van der Waals surface area contributed by atoms with E-state index >= 15 is 0 Å². The highest BCUT2D eigenvalue weighted by molar-refractivity contribution is 7.84. The summed E-state index contributed by atoms with van der Waals surface area (Å²) in [4.78, 5) is 13.4. The second-order valence-electron chi connectivity index (χ2n) is 6.74. The summed E-state index contributed by atoms with van der Waals surface area (Å²) in [6.45, 7) is 1.93. The van der Waals surface area contributed by atoms with Gasteiger partial charge in [-0.05, 0) is 30.3 Å². The fraction of sp³-hybridized carbons (Fsp3) is 0.273. The highest BCUT2D eigenvalue weighted by Gasteiger charge is 2.15. The third-order valence-corrected chi connectivity index (χ3v) is 5.25. The van der Waals surface area contributed by atoms with Crippen molar-refractivity contribution in [3.05, 3.63) is 60.3 Å². The number of rotatable bonds is 9. The number of nitrogens with one attached hydrogen (secondary N) is 1. The van der Waals surface area contributed by atoms with E-state index in [0.29, 0.717) is 39.9 Å². The summed E-state index contributed by atoms with van der Waals surface area (Å²) in [6, 6.07) is 13.6. The number of hydrogen-bond acceptors (Lipinski definition) is 6. The van der Waals surface area contributed by atoms with Gasteiger partial charge in [0.25, 0.3) is 5.91 Å². The molecular formula is C22H25N3O5S. The van der Waals surface area contributed by atoms with E-state index in [1.54, 1.807) is 79.8 Å². The monoisotopic (exact) mass is 443 g/mol. The highest BCUT2D eigenvalue weighted by atomic mass is 32.2. The van der Waals surface area contributed by atoms with Crippen LogP contribution in [0.2, 0.25) is 0 Å². The molecular weight excluding hydrogens is 418 g/mol. The molecule has 9 heteroatoms. The lowest BCUT2D eigenvalue weighted by Crippen LogP contribution is -2.18. The number of amides is 1. The van der Waals surface area contributed by atoms with E-state index < -0.39 is 17.1 Å². The Labute approximate surface area is 183 Å². The zero-order valence-corrected chi connectivity index (χ0v) is 18.6. The molecule has 8 nitrogen and oxygen atoms in total. The molecule has 3 rings (SSSR count). The molecule has 0 aliphatic rings. The van der Waals surface area contributed by atoms with Crippen LogP contribution in [-0.2, 0) is 22.6 Å². The maximum Gasteiger partial charge on any atom is 0.257 e. The van der Waals surface area contributed by atoms with Crippen LogP contribution in [0.3, 0.4) is 0 Å². The van der Waals surface area contributed by atoms with Gasteiger partial charge in [0.15, 0.2) is 12.1 Å². The Bertz CT molecular complexity index is 1080. The topological polar surface area (TPSA) is 91.7 Å². The van der Waals surface area contributed by atoms with Crippen LogP contribution in [0.15, 0.2) is 59.6 Å². The zero-order chi connectivity index (χ0) is 22.4. The van der Waals surface area contributed by atoms with E-state index in [9.17, 15) is 9.00 Å². The lowest BCUT2D eigenvalue weighted by molar-refractivity contribution is -0.0549. The first-order valence-corrected chi connectivity index (χ1v) is 11.2. The minimum absolute atomic E-state index is 0.333. The van der Waals surface area contributed by atoms with Crippen molar-refractivity contribution < 1.29 is 23.2 Å². The molecule has 31 heavy (non-hydrogen) atoms. The lowest BCUT2D eigenvalue weighted by Gasteiger charge is -2.17. The van der Waals surface area contributed by atoms with Gasteiger partial charge in [0.05, 0.1) is 0 Å². The van der Waals surface area contributed by atoms with E-state index in [-0.39, 0.29) is 5.91 Å². The minimum atomic E-state index is -1.14. The summed E-state index contributed by atoms with van der Waals surface area (Å²) in [6.07, 6.45) is 3.50. The largest absolute Gasteiger partial charge is 0.465 e. The number of methoxy groups -OCH3 is 1. The van der Waals surface area contributed by atoms with Crippen molar-refractivity contribution in [2.24, 2.45) is 7.05 Å². The number of hydrogen-bond donors (Lipinski definition) is 1. The van der Waals surface area contributed by atoms with E-state index in [2.05, 4.69) is 10.4 Å². The van der Waals surface area contributed by atoms with Crippen LogP contribution in [0.4, 0.5) is 5.82 Å². The van der Waals surface area contributed by atoms with Crippen molar-refractivity contribution >= 4 is 22.5 Å². The van der Waals surface area contributed by atoms with Crippen LogP contribution in [0, 0.1) is 0 Å². The molecule has 1 heterocycles. The molecule has 164 valence electrons. The van der Waals surface area contributed by atoms with E-state index in [1.165, 1.54) is 0 Å². The Morgan fingerprint density at radius 2 is 1.94 bits per heavy atom. The number of benzene rings is 2.